The van der Waals surface area contributed by atoms with Gasteiger partial charge in [-0.2, -0.15) is 0 Å². The number of ether oxygens (including phenoxy) is 1. The number of benzene rings is 1. The van der Waals surface area contributed by atoms with Crippen molar-refractivity contribution in [2.75, 3.05) is 46.4 Å². The van der Waals surface area contributed by atoms with E-state index in [1.165, 1.54) is 5.56 Å². The number of carbonyl (C=O) groups is 3. The third kappa shape index (κ3) is 4.66. The molecule has 1 atom stereocenters. The molecule has 2 saturated heterocycles. The first-order valence-corrected chi connectivity index (χ1v) is 9.36. The molecule has 2 heterocycles. The number of carbonyl (C=O) groups excluding carboxylic acids is 3. The minimum absolute atomic E-state index is 0.0188. The van der Waals surface area contributed by atoms with E-state index in [2.05, 4.69) is 0 Å². The van der Waals surface area contributed by atoms with Crippen LogP contribution in [0.15, 0.2) is 24.3 Å². The molecule has 3 amide bonds. The first-order valence-electron chi connectivity index (χ1n) is 9.36. The number of amides is 3. The lowest BCUT2D eigenvalue weighted by Gasteiger charge is -2.35. The van der Waals surface area contributed by atoms with Crippen molar-refractivity contribution in [2.45, 2.75) is 19.9 Å². The number of hydrogen-bond acceptors (Lipinski definition) is 4. The largest absolute Gasteiger partial charge is 0.383 e. The third-order valence-electron chi connectivity index (χ3n) is 5.25. The molecule has 0 spiro atoms. The molecule has 1 aromatic carbocycles. The van der Waals surface area contributed by atoms with E-state index in [9.17, 15) is 14.4 Å². The van der Waals surface area contributed by atoms with Crippen molar-refractivity contribution < 1.29 is 19.1 Å². The monoisotopic (exact) mass is 373 g/mol. The zero-order valence-corrected chi connectivity index (χ0v) is 16.0. The normalized spacial score (nSPS) is 20.5. The van der Waals surface area contributed by atoms with Gasteiger partial charge in [0.25, 0.3) is 0 Å². The third-order valence-corrected chi connectivity index (χ3v) is 5.25. The van der Waals surface area contributed by atoms with E-state index in [0.717, 1.165) is 5.56 Å². The zero-order valence-electron chi connectivity index (χ0n) is 16.0. The summed E-state index contributed by atoms with van der Waals surface area (Å²) in [5.74, 6) is -0.511. The Hall–Kier alpha value is -2.41. The van der Waals surface area contributed by atoms with Crippen molar-refractivity contribution in [2.24, 2.45) is 5.92 Å². The molecular formula is C20H27N3O4. The molecule has 2 aliphatic rings. The molecule has 27 heavy (non-hydrogen) atoms. The van der Waals surface area contributed by atoms with Gasteiger partial charge in [-0.25, -0.2) is 0 Å². The fraction of sp³-hybridized carbons (Fsp3) is 0.550. The molecule has 7 heteroatoms. The Labute approximate surface area is 159 Å². The summed E-state index contributed by atoms with van der Waals surface area (Å²) in [6.45, 7) is 5.10. The smallest absolute Gasteiger partial charge is 0.242 e. The molecule has 0 unspecified atom stereocenters. The molecule has 3 rings (SSSR count). The summed E-state index contributed by atoms with van der Waals surface area (Å²) in [6.07, 6.45) is 0.223. The van der Waals surface area contributed by atoms with Crippen molar-refractivity contribution >= 4 is 17.7 Å². The van der Waals surface area contributed by atoms with Crippen LogP contribution >= 0.6 is 0 Å². The molecule has 1 aromatic rings. The summed E-state index contributed by atoms with van der Waals surface area (Å²) in [5, 5.41) is 0. The quantitative estimate of drug-likeness (QED) is 0.735. The number of methoxy groups -OCH3 is 1. The number of rotatable bonds is 6. The highest BCUT2D eigenvalue weighted by molar-refractivity contribution is 5.92. The summed E-state index contributed by atoms with van der Waals surface area (Å²) in [4.78, 5) is 42.4. The van der Waals surface area contributed by atoms with Gasteiger partial charge in [-0.1, -0.05) is 29.8 Å². The van der Waals surface area contributed by atoms with Crippen molar-refractivity contribution in [3.8, 4) is 0 Å². The van der Waals surface area contributed by atoms with Crippen LogP contribution < -0.4 is 0 Å². The summed E-state index contributed by atoms with van der Waals surface area (Å²) in [7, 11) is 1.59. The molecule has 7 nitrogen and oxygen atoms in total. The highest BCUT2D eigenvalue weighted by Gasteiger charge is 2.38. The van der Waals surface area contributed by atoms with Crippen LogP contribution in [0.1, 0.15) is 17.5 Å². The Morgan fingerprint density at radius 1 is 1.11 bits per heavy atom. The van der Waals surface area contributed by atoms with Gasteiger partial charge in [-0.3, -0.25) is 14.4 Å². The number of hydrogen-bond donors (Lipinski definition) is 0. The van der Waals surface area contributed by atoms with Gasteiger partial charge < -0.3 is 19.4 Å². The second kappa shape index (κ2) is 8.52. The van der Waals surface area contributed by atoms with Crippen LogP contribution in [0, 0.1) is 12.8 Å². The highest BCUT2D eigenvalue weighted by atomic mass is 16.5. The molecule has 146 valence electrons. The van der Waals surface area contributed by atoms with E-state index in [1.807, 2.05) is 31.2 Å². The maximum atomic E-state index is 12.8. The average molecular weight is 373 g/mol. The van der Waals surface area contributed by atoms with E-state index in [0.29, 0.717) is 39.3 Å². The summed E-state index contributed by atoms with van der Waals surface area (Å²) in [6, 6.07) is 8.12. The fourth-order valence-corrected chi connectivity index (χ4v) is 3.59. The Kier molecular flexibility index (Phi) is 6.11. The molecule has 0 saturated carbocycles. The van der Waals surface area contributed by atoms with E-state index in [-0.39, 0.29) is 36.6 Å². The summed E-state index contributed by atoms with van der Waals surface area (Å²) in [5.41, 5.74) is 2.27. The molecule has 0 aromatic heterocycles. The zero-order chi connectivity index (χ0) is 19.4. The van der Waals surface area contributed by atoms with Crippen LogP contribution in [0.5, 0.6) is 0 Å². The van der Waals surface area contributed by atoms with Crippen LogP contribution in [0.2, 0.25) is 0 Å². The lowest BCUT2D eigenvalue weighted by atomic mass is 10.1. The lowest BCUT2D eigenvalue weighted by molar-refractivity contribution is -0.147. The molecule has 0 radical (unpaired) electrons. The molecule has 0 aliphatic carbocycles. The second-order valence-electron chi connectivity index (χ2n) is 7.29. The van der Waals surface area contributed by atoms with Crippen molar-refractivity contribution in [3.05, 3.63) is 35.4 Å². The maximum absolute atomic E-state index is 12.8. The minimum Gasteiger partial charge on any atom is -0.383 e. The molecule has 0 bridgehead atoms. The molecule has 2 fully saturated rings. The first-order chi connectivity index (χ1) is 13.0. The number of piperazine rings is 1. The summed E-state index contributed by atoms with van der Waals surface area (Å²) >= 11 is 0. The maximum Gasteiger partial charge on any atom is 0.242 e. The number of aryl methyl sites for hydroxylation is 1. The van der Waals surface area contributed by atoms with Gasteiger partial charge in [0.1, 0.15) is 0 Å². The van der Waals surface area contributed by atoms with Crippen LogP contribution in [0.3, 0.4) is 0 Å². The van der Waals surface area contributed by atoms with Gasteiger partial charge in [-0.15, -0.1) is 0 Å². The topological polar surface area (TPSA) is 70.2 Å². The Balaban J connectivity index is 1.53. The van der Waals surface area contributed by atoms with Gasteiger partial charge >= 0.3 is 0 Å². The van der Waals surface area contributed by atoms with E-state index in [4.69, 9.17) is 4.74 Å². The minimum atomic E-state index is -0.356. The van der Waals surface area contributed by atoms with E-state index >= 15 is 0 Å². The Morgan fingerprint density at radius 3 is 2.52 bits per heavy atom. The average Bonchev–Trinajstić information content (AvgIpc) is 3.03. The predicted octanol–water partition coefficient (Wildman–Crippen LogP) is 0.661. The van der Waals surface area contributed by atoms with Crippen molar-refractivity contribution in [3.63, 3.8) is 0 Å². The predicted molar refractivity (Wildman–Crippen MR) is 99.7 cm³/mol. The number of nitrogens with zero attached hydrogens (tertiary/aromatic N) is 3. The van der Waals surface area contributed by atoms with Gasteiger partial charge in [0, 0.05) is 46.3 Å². The number of likely N-dealkylation sites (tertiary alicyclic amines) is 1. The SMILES string of the molecule is COCCN1C[C@@H](C(=O)N2CCN(Cc3ccc(C)cc3)C(=O)C2)CC1=O. The van der Waals surface area contributed by atoms with Crippen molar-refractivity contribution in [1.29, 1.82) is 0 Å². The molecular weight excluding hydrogens is 346 g/mol. The van der Waals surface area contributed by atoms with Gasteiger partial charge in [0.2, 0.25) is 17.7 Å². The van der Waals surface area contributed by atoms with Gasteiger partial charge in [0.05, 0.1) is 19.1 Å². The van der Waals surface area contributed by atoms with Gasteiger partial charge in [-0.05, 0) is 12.5 Å². The standard InChI is InChI=1S/C20H27N3O4/c1-15-3-5-16(6-4-15)12-21-7-8-23(14-19(21)25)20(26)17-11-18(24)22(13-17)9-10-27-2/h3-6,17H,7-14H2,1-2H3/t17-/m0/s1. The van der Waals surface area contributed by atoms with Crippen LogP contribution in [-0.2, 0) is 25.7 Å². The Morgan fingerprint density at radius 2 is 1.85 bits per heavy atom. The molecule has 2 aliphatic heterocycles. The van der Waals surface area contributed by atoms with E-state index < -0.39 is 0 Å². The second-order valence-corrected chi connectivity index (χ2v) is 7.29. The first kappa shape index (κ1) is 19.4. The lowest BCUT2D eigenvalue weighted by Crippen LogP contribution is -2.53. The van der Waals surface area contributed by atoms with Crippen LogP contribution in [-0.4, -0.2) is 78.9 Å². The van der Waals surface area contributed by atoms with Crippen LogP contribution in [0.4, 0.5) is 0 Å². The summed E-state index contributed by atoms with van der Waals surface area (Å²) < 4.78 is 5.01. The van der Waals surface area contributed by atoms with Crippen LogP contribution in [0.25, 0.3) is 0 Å². The van der Waals surface area contributed by atoms with Gasteiger partial charge in [0.15, 0.2) is 0 Å². The van der Waals surface area contributed by atoms with Crippen molar-refractivity contribution in [1.82, 2.24) is 14.7 Å². The Bertz CT molecular complexity index is 704. The molecule has 0 N–H and O–H groups in total. The highest BCUT2D eigenvalue weighted by Crippen LogP contribution is 2.21. The van der Waals surface area contributed by atoms with E-state index in [1.54, 1.807) is 21.8 Å². The fourth-order valence-electron chi connectivity index (χ4n) is 3.59.